The summed E-state index contributed by atoms with van der Waals surface area (Å²) in [5, 5.41) is 6.32. The van der Waals surface area contributed by atoms with Gasteiger partial charge in [0.1, 0.15) is 5.75 Å². The Kier molecular flexibility index (Phi) is 4.80. The third kappa shape index (κ3) is 3.70. The van der Waals surface area contributed by atoms with Gasteiger partial charge in [0.05, 0.1) is 19.2 Å². The molecule has 4 nitrogen and oxygen atoms in total. The number of ether oxygens (including phenoxy) is 1. The van der Waals surface area contributed by atoms with Crippen molar-refractivity contribution in [3.05, 3.63) is 29.8 Å². The van der Waals surface area contributed by atoms with Gasteiger partial charge in [-0.2, -0.15) is 0 Å². The zero-order valence-electron chi connectivity index (χ0n) is 11.6. The van der Waals surface area contributed by atoms with Gasteiger partial charge in [-0.15, -0.1) is 0 Å². The minimum absolute atomic E-state index is 0.0159. The molecule has 19 heavy (non-hydrogen) atoms. The van der Waals surface area contributed by atoms with Gasteiger partial charge < -0.3 is 15.4 Å². The van der Waals surface area contributed by atoms with Crippen molar-refractivity contribution in [3.63, 3.8) is 0 Å². The molecular formula is C15H22N2O2. The molecular weight excluding hydrogens is 240 g/mol. The van der Waals surface area contributed by atoms with Gasteiger partial charge >= 0.3 is 0 Å². The predicted octanol–water partition coefficient (Wildman–Crippen LogP) is 2.01. The lowest BCUT2D eigenvalue weighted by molar-refractivity contribution is -0.124. The highest BCUT2D eigenvalue weighted by Crippen LogP contribution is 2.17. The number of carbonyl (C=O) groups is 1. The zero-order chi connectivity index (χ0) is 13.7. The van der Waals surface area contributed by atoms with Crippen molar-refractivity contribution in [2.45, 2.75) is 38.3 Å². The first-order valence-corrected chi connectivity index (χ1v) is 6.88. The Hall–Kier alpha value is -1.55. The van der Waals surface area contributed by atoms with Crippen molar-refractivity contribution in [1.82, 2.24) is 10.6 Å². The standard InChI is InChI=1S/C15H22N2O2/c1-11(12-6-8-13(19-2)9-7-12)17-15(18)14-5-3-4-10-16-14/h6-9,11,14,16H,3-5,10H2,1-2H3,(H,17,18)/t11-,14+/m1/s1. The highest BCUT2D eigenvalue weighted by Gasteiger charge is 2.21. The molecule has 1 saturated heterocycles. The molecule has 2 rings (SSSR count). The third-order valence-corrected chi connectivity index (χ3v) is 3.60. The minimum Gasteiger partial charge on any atom is -0.497 e. The second-order valence-electron chi connectivity index (χ2n) is 5.01. The van der Waals surface area contributed by atoms with Crippen LogP contribution in [0.2, 0.25) is 0 Å². The first-order valence-electron chi connectivity index (χ1n) is 6.88. The summed E-state index contributed by atoms with van der Waals surface area (Å²) in [5.41, 5.74) is 1.09. The van der Waals surface area contributed by atoms with E-state index in [0.717, 1.165) is 37.1 Å². The number of hydrogen-bond donors (Lipinski definition) is 2. The molecule has 104 valence electrons. The van der Waals surface area contributed by atoms with Crippen molar-refractivity contribution < 1.29 is 9.53 Å². The van der Waals surface area contributed by atoms with Gasteiger partial charge in [0.25, 0.3) is 0 Å². The Labute approximate surface area is 114 Å². The second kappa shape index (κ2) is 6.57. The Morgan fingerprint density at radius 2 is 2.11 bits per heavy atom. The van der Waals surface area contributed by atoms with E-state index in [0.29, 0.717) is 0 Å². The molecule has 1 aliphatic heterocycles. The van der Waals surface area contributed by atoms with E-state index >= 15 is 0 Å². The number of amides is 1. The number of methoxy groups -OCH3 is 1. The van der Waals surface area contributed by atoms with Gasteiger partial charge in [-0.25, -0.2) is 0 Å². The van der Waals surface area contributed by atoms with E-state index in [1.807, 2.05) is 31.2 Å². The smallest absolute Gasteiger partial charge is 0.237 e. The average Bonchev–Trinajstić information content (AvgIpc) is 2.48. The van der Waals surface area contributed by atoms with Crippen LogP contribution in [0.25, 0.3) is 0 Å². The van der Waals surface area contributed by atoms with E-state index in [2.05, 4.69) is 10.6 Å². The molecule has 4 heteroatoms. The van der Waals surface area contributed by atoms with Crippen molar-refractivity contribution in [2.75, 3.05) is 13.7 Å². The Balaban J connectivity index is 1.91. The van der Waals surface area contributed by atoms with Crippen LogP contribution in [0.5, 0.6) is 5.75 Å². The van der Waals surface area contributed by atoms with Gasteiger partial charge in [0.2, 0.25) is 5.91 Å². The van der Waals surface area contributed by atoms with Crippen molar-refractivity contribution in [1.29, 1.82) is 0 Å². The summed E-state index contributed by atoms with van der Waals surface area (Å²) >= 11 is 0. The normalized spacial score (nSPS) is 20.6. The lowest BCUT2D eigenvalue weighted by Gasteiger charge is -2.24. The molecule has 0 aliphatic carbocycles. The molecule has 0 aromatic heterocycles. The van der Waals surface area contributed by atoms with E-state index in [4.69, 9.17) is 4.74 Å². The molecule has 1 aromatic rings. The largest absolute Gasteiger partial charge is 0.497 e. The summed E-state index contributed by atoms with van der Waals surface area (Å²) in [4.78, 5) is 12.1. The molecule has 2 N–H and O–H groups in total. The fourth-order valence-electron chi connectivity index (χ4n) is 2.37. The highest BCUT2D eigenvalue weighted by atomic mass is 16.5. The molecule has 1 amide bonds. The average molecular weight is 262 g/mol. The van der Waals surface area contributed by atoms with Crippen LogP contribution < -0.4 is 15.4 Å². The lowest BCUT2D eigenvalue weighted by Crippen LogP contribution is -2.47. The van der Waals surface area contributed by atoms with E-state index in [1.54, 1.807) is 7.11 Å². The van der Waals surface area contributed by atoms with Gasteiger partial charge in [-0.1, -0.05) is 18.6 Å². The number of hydrogen-bond acceptors (Lipinski definition) is 3. The molecule has 2 atom stereocenters. The van der Waals surface area contributed by atoms with Crippen LogP contribution in [0.4, 0.5) is 0 Å². The molecule has 1 aromatic carbocycles. The predicted molar refractivity (Wildman–Crippen MR) is 75.2 cm³/mol. The topological polar surface area (TPSA) is 50.4 Å². The number of benzene rings is 1. The Morgan fingerprint density at radius 1 is 1.37 bits per heavy atom. The highest BCUT2D eigenvalue weighted by molar-refractivity contribution is 5.82. The van der Waals surface area contributed by atoms with Crippen LogP contribution in [0.1, 0.15) is 37.8 Å². The van der Waals surface area contributed by atoms with Crippen molar-refractivity contribution in [3.8, 4) is 5.75 Å². The first-order chi connectivity index (χ1) is 9.20. The maximum atomic E-state index is 12.1. The fourth-order valence-corrected chi connectivity index (χ4v) is 2.37. The van der Waals surface area contributed by atoms with Crippen molar-refractivity contribution >= 4 is 5.91 Å². The number of piperidine rings is 1. The maximum absolute atomic E-state index is 12.1. The van der Waals surface area contributed by atoms with Gasteiger partial charge in [-0.3, -0.25) is 4.79 Å². The van der Waals surface area contributed by atoms with Crippen LogP contribution >= 0.6 is 0 Å². The number of nitrogens with one attached hydrogen (secondary N) is 2. The molecule has 1 heterocycles. The van der Waals surface area contributed by atoms with E-state index < -0.39 is 0 Å². The summed E-state index contributed by atoms with van der Waals surface area (Å²) in [6.07, 6.45) is 3.22. The minimum atomic E-state index is -0.0329. The molecule has 0 saturated carbocycles. The monoisotopic (exact) mass is 262 g/mol. The fraction of sp³-hybridized carbons (Fsp3) is 0.533. The third-order valence-electron chi connectivity index (χ3n) is 3.60. The summed E-state index contributed by atoms with van der Waals surface area (Å²) in [7, 11) is 1.65. The van der Waals surface area contributed by atoms with Crippen LogP contribution in [-0.4, -0.2) is 25.6 Å². The van der Waals surface area contributed by atoms with E-state index in [9.17, 15) is 4.79 Å². The Morgan fingerprint density at radius 3 is 2.68 bits per heavy atom. The summed E-state index contributed by atoms with van der Waals surface area (Å²) in [6.45, 7) is 2.94. The van der Waals surface area contributed by atoms with E-state index in [1.165, 1.54) is 0 Å². The molecule has 1 fully saturated rings. The molecule has 0 bridgehead atoms. The van der Waals surface area contributed by atoms with Crippen LogP contribution in [0.15, 0.2) is 24.3 Å². The van der Waals surface area contributed by atoms with E-state index in [-0.39, 0.29) is 18.0 Å². The van der Waals surface area contributed by atoms with Crippen LogP contribution in [-0.2, 0) is 4.79 Å². The van der Waals surface area contributed by atoms with Gasteiger partial charge in [-0.05, 0) is 44.0 Å². The molecule has 0 spiro atoms. The van der Waals surface area contributed by atoms with Gasteiger partial charge in [0, 0.05) is 0 Å². The lowest BCUT2D eigenvalue weighted by atomic mass is 10.0. The molecule has 1 aliphatic rings. The first kappa shape index (κ1) is 13.9. The summed E-state index contributed by atoms with van der Waals surface area (Å²) in [5.74, 6) is 0.930. The maximum Gasteiger partial charge on any atom is 0.237 e. The van der Waals surface area contributed by atoms with Crippen LogP contribution in [0.3, 0.4) is 0 Å². The van der Waals surface area contributed by atoms with Gasteiger partial charge in [0.15, 0.2) is 0 Å². The molecule has 0 radical (unpaired) electrons. The number of carbonyl (C=O) groups excluding carboxylic acids is 1. The summed E-state index contributed by atoms with van der Waals surface area (Å²) < 4.78 is 5.13. The second-order valence-corrected chi connectivity index (χ2v) is 5.01. The Bertz CT molecular complexity index is 411. The zero-order valence-corrected chi connectivity index (χ0v) is 11.6. The number of rotatable bonds is 4. The van der Waals surface area contributed by atoms with Crippen LogP contribution in [0, 0.1) is 0 Å². The summed E-state index contributed by atoms with van der Waals surface area (Å²) in [6, 6.07) is 7.78. The molecule has 0 unspecified atom stereocenters. The van der Waals surface area contributed by atoms with Crippen molar-refractivity contribution in [2.24, 2.45) is 0 Å². The quantitative estimate of drug-likeness (QED) is 0.872. The SMILES string of the molecule is COc1ccc([C@@H](C)NC(=O)[C@@H]2CCCCN2)cc1.